The van der Waals surface area contributed by atoms with Crippen molar-refractivity contribution in [3.63, 3.8) is 0 Å². The Kier molecular flexibility index (Phi) is 5.40. The van der Waals surface area contributed by atoms with Crippen LogP contribution in [0, 0.1) is 3.57 Å². The van der Waals surface area contributed by atoms with Crippen molar-refractivity contribution in [3.05, 3.63) is 27.3 Å². The van der Waals surface area contributed by atoms with Crippen molar-refractivity contribution in [2.24, 2.45) is 0 Å². The van der Waals surface area contributed by atoms with Gasteiger partial charge in [0.25, 0.3) is 0 Å². The molecular weight excluding hydrogens is 352 g/mol. The van der Waals surface area contributed by atoms with Crippen LogP contribution < -0.4 is 4.74 Å². The van der Waals surface area contributed by atoms with E-state index in [0.717, 1.165) is 0 Å². The normalized spacial score (nSPS) is 10.6. The lowest BCUT2D eigenvalue weighted by molar-refractivity contribution is -0.116. The maximum absolute atomic E-state index is 12.0. The van der Waals surface area contributed by atoms with Crippen molar-refractivity contribution < 1.29 is 18.3 Å². The molecule has 0 saturated carbocycles. The van der Waals surface area contributed by atoms with Crippen LogP contribution in [0.15, 0.2) is 18.2 Å². The monoisotopic (exact) mass is 360 g/mol. The SMILES string of the molecule is O=C(CCl)Cc1ccc(I)c(OC(F)F)c1. The number of alkyl halides is 3. The van der Waals surface area contributed by atoms with Gasteiger partial charge in [0.1, 0.15) is 5.75 Å². The number of benzene rings is 1. The zero-order valence-corrected chi connectivity index (χ0v) is 11.0. The number of rotatable bonds is 5. The number of carbonyl (C=O) groups is 1. The summed E-state index contributed by atoms with van der Waals surface area (Å²) >= 11 is 7.24. The number of halogens is 4. The Morgan fingerprint density at radius 3 is 2.75 bits per heavy atom. The lowest BCUT2D eigenvalue weighted by atomic mass is 10.1. The molecule has 0 aliphatic carbocycles. The Bertz CT molecular complexity index is 385. The molecule has 16 heavy (non-hydrogen) atoms. The predicted octanol–water partition coefficient (Wildman–Crippen LogP) is 3.24. The van der Waals surface area contributed by atoms with Crippen LogP contribution in [0.25, 0.3) is 0 Å². The van der Waals surface area contributed by atoms with Gasteiger partial charge in [0.15, 0.2) is 5.78 Å². The van der Waals surface area contributed by atoms with E-state index >= 15 is 0 Å². The third kappa shape index (κ3) is 4.21. The van der Waals surface area contributed by atoms with E-state index in [-0.39, 0.29) is 23.8 Å². The van der Waals surface area contributed by atoms with Crippen LogP contribution in [0.3, 0.4) is 0 Å². The molecule has 1 aromatic carbocycles. The van der Waals surface area contributed by atoms with Gasteiger partial charge in [-0.3, -0.25) is 4.79 Å². The molecule has 1 rings (SSSR count). The summed E-state index contributed by atoms with van der Waals surface area (Å²) < 4.78 is 29.0. The van der Waals surface area contributed by atoms with E-state index in [0.29, 0.717) is 9.13 Å². The molecule has 2 nitrogen and oxygen atoms in total. The Hall–Kier alpha value is -0.430. The number of hydrogen-bond donors (Lipinski definition) is 0. The van der Waals surface area contributed by atoms with Crippen molar-refractivity contribution in [2.45, 2.75) is 13.0 Å². The maximum atomic E-state index is 12.0. The van der Waals surface area contributed by atoms with Crippen molar-refractivity contribution in [2.75, 3.05) is 5.88 Å². The third-order valence-corrected chi connectivity index (χ3v) is 2.95. The summed E-state index contributed by atoms with van der Waals surface area (Å²) in [5.41, 5.74) is 0.613. The first kappa shape index (κ1) is 13.6. The summed E-state index contributed by atoms with van der Waals surface area (Å²) in [7, 11) is 0. The summed E-state index contributed by atoms with van der Waals surface area (Å²) in [6.45, 7) is -2.87. The molecule has 0 aliphatic rings. The van der Waals surface area contributed by atoms with Gasteiger partial charge in [-0.25, -0.2) is 0 Å². The minimum absolute atomic E-state index is 0.0791. The van der Waals surface area contributed by atoms with Crippen LogP contribution in [0.1, 0.15) is 5.56 Å². The van der Waals surface area contributed by atoms with E-state index in [1.807, 2.05) is 22.6 Å². The molecule has 6 heteroatoms. The van der Waals surface area contributed by atoms with Gasteiger partial charge in [-0.2, -0.15) is 8.78 Å². The number of carbonyl (C=O) groups excluding carboxylic acids is 1. The van der Waals surface area contributed by atoms with E-state index in [1.165, 1.54) is 6.07 Å². The molecule has 0 radical (unpaired) electrons. The van der Waals surface area contributed by atoms with Crippen molar-refractivity contribution >= 4 is 40.0 Å². The Morgan fingerprint density at radius 1 is 1.50 bits per heavy atom. The number of Topliss-reactive ketones (excluding diaryl/α,β-unsaturated/α-hetero) is 1. The fraction of sp³-hybridized carbons (Fsp3) is 0.300. The van der Waals surface area contributed by atoms with Crippen molar-refractivity contribution in [1.29, 1.82) is 0 Å². The van der Waals surface area contributed by atoms with Crippen molar-refractivity contribution in [3.8, 4) is 5.75 Å². The average molecular weight is 361 g/mol. The third-order valence-electron chi connectivity index (χ3n) is 1.76. The fourth-order valence-corrected chi connectivity index (χ4v) is 1.68. The first-order valence-corrected chi connectivity index (χ1v) is 5.95. The van der Waals surface area contributed by atoms with Gasteiger partial charge >= 0.3 is 6.61 Å². The van der Waals surface area contributed by atoms with Crippen molar-refractivity contribution in [1.82, 2.24) is 0 Å². The Balaban J connectivity index is 2.84. The second kappa shape index (κ2) is 6.34. The molecule has 0 aliphatic heterocycles. The highest BCUT2D eigenvalue weighted by Crippen LogP contribution is 2.24. The molecule has 0 unspecified atom stereocenters. The standard InChI is InChI=1S/C10H8ClF2IO2/c11-5-7(15)3-6-1-2-8(14)9(4-6)16-10(12)13/h1-2,4,10H,3,5H2. The summed E-state index contributed by atoms with van der Waals surface area (Å²) in [6.07, 6.45) is 0.125. The Labute approximate surface area is 110 Å². The van der Waals surface area contributed by atoms with Crippen LogP contribution in [-0.2, 0) is 11.2 Å². The Morgan fingerprint density at radius 2 is 2.19 bits per heavy atom. The zero-order valence-electron chi connectivity index (χ0n) is 8.05. The van der Waals surface area contributed by atoms with Crippen LogP contribution in [-0.4, -0.2) is 18.3 Å². The lowest BCUT2D eigenvalue weighted by Crippen LogP contribution is -2.06. The lowest BCUT2D eigenvalue weighted by Gasteiger charge is -2.08. The minimum atomic E-state index is -2.87. The molecule has 0 heterocycles. The van der Waals surface area contributed by atoms with Gasteiger partial charge < -0.3 is 4.74 Å². The number of ketones is 1. The molecule has 0 N–H and O–H groups in total. The highest BCUT2D eigenvalue weighted by atomic mass is 127. The molecule has 0 amide bonds. The van der Waals surface area contributed by atoms with E-state index in [4.69, 9.17) is 11.6 Å². The van der Waals surface area contributed by atoms with Gasteiger partial charge in [0.05, 0.1) is 9.45 Å². The smallest absolute Gasteiger partial charge is 0.387 e. The molecule has 0 bridgehead atoms. The summed E-state index contributed by atoms with van der Waals surface area (Å²) in [5, 5.41) is 0. The van der Waals surface area contributed by atoms with E-state index < -0.39 is 6.61 Å². The summed E-state index contributed by atoms with van der Waals surface area (Å²) in [6, 6.07) is 4.73. The topological polar surface area (TPSA) is 26.3 Å². The van der Waals surface area contributed by atoms with Crippen LogP contribution >= 0.6 is 34.2 Å². The van der Waals surface area contributed by atoms with Crippen LogP contribution in [0.2, 0.25) is 0 Å². The first-order valence-electron chi connectivity index (χ1n) is 4.34. The molecule has 0 saturated heterocycles. The van der Waals surface area contributed by atoms with Crippen LogP contribution in [0.4, 0.5) is 8.78 Å². The average Bonchev–Trinajstić information content (AvgIpc) is 2.22. The minimum Gasteiger partial charge on any atom is -0.434 e. The van der Waals surface area contributed by atoms with Gasteiger partial charge in [-0.05, 0) is 40.3 Å². The highest BCUT2D eigenvalue weighted by Gasteiger charge is 2.10. The number of hydrogen-bond acceptors (Lipinski definition) is 2. The molecular formula is C10H8ClF2IO2. The van der Waals surface area contributed by atoms with Gasteiger partial charge in [-0.15, -0.1) is 11.6 Å². The summed E-state index contributed by atoms with van der Waals surface area (Å²) in [4.78, 5) is 11.1. The second-order valence-corrected chi connectivity index (χ2v) is 4.42. The molecule has 0 spiro atoms. The van der Waals surface area contributed by atoms with E-state index in [1.54, 1.807) is 12.1 Å². The largest absolute Gasteiger partial charge is 0.434 e. The van der Waals surface area contributed by atoms with E-state index in [9.17, 15) is 13.6 Å². The second-order valence-electron chi connectivity index (χ2n) is 2.99. The highest BCUT2D eigenvalue weighted by molar-refractivity contribution is 14.1. The van der Waals surface area contributed by atoms with Gasteiger partial charge in [0, 0.05) is 6.42 Å². The molecule has 0 aromatic heterocycles. The molecule has 88 valence electrons. The molecule has 0 atom stereocenters. The fourth-order valence-electron chi connectivity index (χ4n) is 1.12. The zero-order chi connectivity index (χ0) is 12.1. The summed E-state index contributed by atoms with van der Waals surface area (Å²) in [5.74, 6) is -0.168. The quantitative estimate of drug-likeness (QED) is 0.595. The predicted molar refractivity (Wildman–Crippen MR) is 65.2 cm³/mol. The molecule has 0 fully saturated rings. The number of ether oxygens (including phenoxy) is 1. The maximum Gasteiger partial charge on any atom is 0.387 e. The van der Waals surface area contributed by atoms with E-state index in [2.05, 4.69) is 4.74 Å². The van der Waals surface area contributed by atoms with Crippen LogP contribution in [0.5, 0.6) is 5.75 Å². The molecule has 1 aromatic rings. The first-order chi connectivity index (χ1) is 7.52. The van der Waals surface area contributed by atoms with Gasteiger partial charge in [0.2, 0.25) is 0 Å². The van der Waals surface area contributed by atoms with Gasteiger partial charge in [-0.1, -0.05) is 6.07 Å².